The van der Waals surface area contributed by atoms with Crippen molar-refractivity contribution in [1.82, 2.24) is 0 Å². The Hall–Kier alpha value is -1.40. The first-order valence-electron chi connectivity index (χ1n) is 6.75. The molecule has 0 heterocycles. The number of hydrogen-bond donors (Lipinski definition) is 2. The van der Waals surface area contributed by atoms with Gasteiger partial charge in [-0.1, -0.05) is 31.7 Å². The van der Waals surface area contributed by atoms with Crippen molar-refractivity contribution >= 4 is 22.9 Å². The van der Waals surface area contributed by atoms with Crippen LogP contribution in [0.2, 0.25) is 0 Å². The molecular formula is C15H22ClN2O3S-. The lowest BCUT2D eigenvalue weighted by molar-refractivity contribution is -0.0000207. The van der Waals surface area contributed by atoms with Crippen molar-refractivity contribution in [2.75, 3.05) is 13.7 Å². The molecule has 0 bridgehead atoms. The third-order valence-corrected chi connectivity index (χ3v) is 3.59. The number of amidine groups is 1. The zero-order chi connectivity index (χ0) is 15.8. The molecule has 0 radical (unpaired) electrons. The highest BCUT2D eigenvalue weighted by molar-refractivity contribution is 8.13. The largest absolute Gasteiger partial charge is 1.00 e. The molecule has 0 spiro atoms. The fraction of sp³-hybridized carbons (Fsp3) is 0.467. The number of nitrogens with one attached hydrogen (secondary N) is 1. The predicted molar refractivity (Wildman–Crippen MR) is 85.9 cm³/mol. The minimum atomic E-state index is -0.427. The van der Waals surface area contributed by atoms with Crippen LogP contribution in [0.1, 0.15) is 36.2 Å². The first-order chi connectivity index (χ1) is 9.93. The van der Waals surface area contributed by atoms with E-state index in [1.165, 1.54) is 18.9 Å². The number of nitrogens with two attached hydrogens (primary N) is 1. The van der Waals surface area contributed by atoms with E-state index < -0.39 is 5.97 Å². The number of thioether (sulfide) groups is 1. The average Bonchev–Trinajstić information content (AvgIpc) is 2.44. The highest BCUT2D eigenvalue weighted by Crippen LogP contribution is 2.24. The summed E-state index contributed by atoms with van der Waals surface area (Å²) < 4.78 is 10.5. The summed E-state index contributed by atoms with van der Waals surface area (Å²) >= 11 is 1.21. The lowest BCUT2D eigenvalue weighted by Gasteiger charge is -2.13. The van der Waals surface area contributed by atoms with Crippen molar-refractivity contribution in [3.05, 3.63) is 29.3 Å². The van der Waals surface area contributed by atoms with Crippen LogP contribution in [0.5, 0.6) is 5.75 Å². The Bertz CT molecular complexity index is 510. The van der Waals surface area contributed by atoms with Gasteiger partial charge in [-0.15, -0.1) is 0 Å². The second-order valence-corrected chi connectivity index (χ2v) is 6.02. The minimum Gasteiger partial charge on any atom is -1.00 e. The fourth-order valence-electron chi connectivity index (χ4n) is 1.63. The van der Waals surface area contributed by atoms with Gasteiger partial charge in [-0.3, -0.25) is 5.41 Å². The molecule has 0 atom stereocenters. The highest BCUT2D eigenvalue weighted by Gasteiger charge is 2.14. The maximum absolute atomic E-state index is 11.8. The Morgan fingerprint density at radius 2 is 2.09 bits per heavy atom. The molecule has 0 aliphatic rings. The summed E-state index contributed by atoms with van der Waals surface area (Å²) in [6.45, 7) is 4.79. The first-order valence-corrected chi connectivity index (χ1v) is 7.73. The Labute approximate surface area is 141 Å². The molecule has 0 aromatic heterocycles. The van der Waals surface area contributed by atoms with Gasteiger partial charge in [0, 0.05) is 5.75 Å². The molecule has 0 saturated heterocycles. The summed E-state index contributed by atoms with van der Waals surface area (Å²) in [5.74, 6) is 1.17. The summed E-state index contributed by atoms with van der Waals surface area (Å²) in [7, 11) is 1.34. The van der Waals surface area contributed by atoms with Gasteiger partial charge in [0.05, 0.1) is 13.7 Å². The second-order valence-electron chi connectivity index (χ2n) is 5.01. The highest BCUT2D eigenvalue weighted by atomic mass is 35.5. The van der Waals surface area contributed by atoms with Crippen LogP contribution in [0.25, 0.3) is 0 Å². The van der Waals surface area contributed by atoms with E-state index in [1.54, 1.807) is 12.1 Å². The van der Waals surface area contributed by atoms with Crippen molar-refractivity contribution in [3.8, 4) is 5.75 Å². The number of halogens is 1. The quantitative estimate of drug-likeness (QED) is 0.414. The van der Waals surface area contributed by atoms with Gasteiger partial charge in [-0.25, -0.2) is 4.79 Å². The van der Waals surface area contributed by atoms with E-state index in [4.69, 9.17) is 20.6 Å². The van der Waals surface area contributed by atoms with Crippen LogP contribution in [-0.2, 0) is 10.5 Å². The van der Waals surface area contributed by atoms with Gasteiger partial charge in [-0.05, 0) is 30.0 Å². The van der Waals surface area contributed by atoms with Gasteiger partial charge in [0.2, 0.25) is 0 Å². The van der Waals surface area contributed by atoms with Crippen LogP contribution in [0.3, 0.4) is 0 Å². The normalized spacial score (nSPS) is 10.0. The Morgan fingerprint density at radius 3 is 2.64 bits per heavy atom. The SMILES string of the molecule is COC(=O)c1cc(CSC(=N)N)ccc1OCCC(C)C.[Cl-]. The average molecular weight is 346 g/mol. The third kappa shape index (κ3) is 7.04. The van der Waals surface area contributed by atoms with E-state index in [1.807, 2.05) is 6.07 Å². The predicted octanol–water partition coefficient (Wildman–Crippen LogP) is 0.0288. The molecule has 124 valence electrons. The van der Waals surface area contributed by atoms with E-state index >= 15 is 0 Å². The van der Waals surface area contributed by atoms with E-state index in [0.717, 1.165) is 12.0 Å². The topological polar surface area (TPSA) is 85.4 Å². The van der Waals surface area contributed by atoms with Crippen LogP contribution in [0.4, 0.5) is 0 Å². The van der Waals surface area contributed by atoms with Gasteiger partial charge < -0.3 is 27.6 Å². The Balaban J connectivity index is 0.00000441. The third-order valence-electron chi connectivity index (χ3n) is 2.80. The molecule has 0 amide bonds. The van der Waals surface area contributed by atoms with Gasteiger partial charge in [0.1, 0.15) is 11.3 Å². The van der Waals surface area contributed by atoms with Crippen molar-refractivity contribution in [3.63, 3.8) is 0 Å². The summed E-state index contributed by atoms with van der Waals surface area (Å²) in [6.07, 6.45) is 0.919. The Kier molecular flexibility index (Phi) is 9.69. The zero-order valence-electron chi connectivity index (χ0n) is 13.0. The van der Waals surface area contributed by atoms with Crippen LogP contribution in [0, 0.1) is 11.3 Å². The van der Waals surface area contributed by atoms with E-state index in [0.29, 0.717) is 29.6 Å². The summed E-state index contributed by atoms with van der Waals surface area (Å²) in [4.78, 5) is 11.8. The van der Waals surface area contributed by atoms with Crippen molar-refractivity contribution < 1.29 is 26.7 Å². The number of hydrogen-bond acceptors (Lipinski definition) is 5. The second kappa shape index (κ2) is 10.3. The van der Waals surface area contributed by atoms with Gasteiger partial charge in [-0.2, -0.15) is 0 Å². The van der Waals surface area contributed by atoms with E-state index in [9.17, 15) is 4.79 Å². The van der Waals surface area contributed by atoms with Crippen molar-refractivity contribution in [1.29, 1.82) is 5.41 Å². The molecule has 0 fully saturated rings. The van der Waals surface area contributed by atoms with Gasteiger partial charge in [0.15, 0.2) is 5.17 Å². The lowest BCUT2D eigenvalue weighted by atomic mass is 10.1. The number of esters is 1. The van der Waals surface area contributed by atoms with E-state index in [-0.39, 0.29) is 17.6 Å². The molecule has 1 rings (SSSR count). The summed E-state index contributed by atoms with van der Waals surface area (Å²) in [5.41, 5.74) is 6.62. The van der Waals surface area contributed by atoms with Crippen LogP contribution < -0.4 is 22.9 Å². The smallest absolute Gasteiger partial charge is 0.341 e. The van der Waals surface area contributed by atoms with Crippen LogP contribution in [-0.4, -0.2) is 24.9 Å². The number of benzene rings is 1. The fourth-order valence-corrected chi connectivity index (χ4v) is 2.13. The molecular weight excluding hydrogens is 324 g/mol. The number of carbonyl (C=O) groups is 1. The number of ether oxygens (including phenoxy) is 2. The molecule has 5 nitrogen and oxygen atoms in total. The maximum atomic E-state index is 11.8. The maximum Gasteiger partial charge on any atom is 0.341 e. The monoisotopic (exact) mass is 345 g/mol. The molecule has 3 N–H and O–H groups in total. The van der Waals surface area contributed by atoms with Crippen LogP contribution in [0.15, 0.2) is 18.2 Å². The number of rotatable bonds is 7. The number of carbonyl (C=O) groups excluding carboxylic acids is 1. The standard InChI is InChI=1S/C15H22N2O3S.ClH/c1-10(2)6-7-20-13-5-4-11(9-21-15(16)17)8-12(13)14(18)19-3;/h4-5,8,10H,6-7,9H2,1-3H3,(H3,16,17);1H/p-1. The lowest BCUT2D eigenvalue weighted by Crippen LogP contribution is -3.00. The molecule has 1 aromatic carbocycles. The van der Waals surface area contributed by atoms with Crippen LogP contribution >= 0.6 is 11.8 Å². The molecule has 0 aliphatic heterocycles. The Morgan fingerprint density at radius 1 is 1.41 bits per heavy atom. The van der Waals surface area contributed by atoms with Gasteiger partial charge >= 0.3 is 5.97 Å². The summed E-state index contributed by atoms with van der Waals surface area (Å²) in [5, 5.41) is 7.26. The molecule has 0 saturated carbocycles. The molecule has 0 unspecified atom stereocenters. The molecule has 1 aromatic rings. The van der Waals surface area contributed by atoms with E-state index in [2.05, 4.69) is 13.8 Å². The molecule has 0 aliphatic carbocycles. The summed E-state index contributed by atoms with van der Waals surface area (Å²) in [6, 6.07) is 5.36. The molecule has 22 heavy (non-hydrogen) atoms. The number of methoxy groups -OCH3 is 1. The molecule has 7 heteroatoms. The minimum absolute atomic E-state index is 0. The zero-order valence-corrected chi connectivity index (χ0v) is 14.6. The first kappa shape index (κ1) is 20.6. The van der Waals surface area contributed by atoms with Gasteiger partial charge in [0.25, 0.3) is 0 Å². The van der Waals surface area contributed by atoms with Crippen molar-refractivity contribution in [2.24, 2.45) is 11.7 Å². The van der Waals surface area contributed by atoms with Crippen molar-refractivity contribution in [2.45, 2.75) is 26.0 Å².